The Balaban J connectivity index is 0.00000220. The SMILES string of the molecule is COC(=O)C1(F)CCN(C(=O)c2ccc(CN)cc2)C1.Cl. The normalized spacial score (nSPS) is 20.8. The van der Waals surface area contributed by atoms with E-state index in [1.54, 1.807) is 24.3 Å². The maximum atomic E-state index is 14.3. The molecule has 7 heteroatoms. The smallest absolute Gasteiger partial charge is 0.345 e. The van der Waals surface area contributed by atoms with E-state index in [9.17, 15) is 14.0 Å². The number of nitrogens with zero attached hydrogens (tertiary/aromatic N) is 1. The maximum Gasteiger partial charge on any atom is 0.345 e. The Morgan fingerprint density at radius 3 is 2.52 bits per heavy atom. The van der Waals surface area contributed by atoms with Crippen molar-refractivity contribution in [2.45, 2.75) is 18.6 Å². The average Bonchev–Trinajstić information content (AvgIpc) is 2.89. The minimum Gasteiger partial charge on any atom is -0.467 e. The zero-order valence-corrected chi connectivity index (χ0v) is 12.5. The van der Waals surface area contributed by atoms with Crippen molar-refractivity contribution >= 4 is 24.3 Å². The predicted molar refractivity (Wildman–Crippen MR) is 78.0 cm³/mol. The van der Waals surface area contributed by atoms with Crippen LogP contribution < -0.4 is 5.73 Å². The first kappa shape index (κ1) is 17.4. The first-order valence-corrected chi connectivity index (χ1v) is 6.36. The molecular formula is C14H18ClFN2O3. The molecule has 0 aromatic heterocycles. The van der Waals surface area contributed by atoms with E-state index in [1.807, 2.05) is 0 Å². The summed E-state index contributed by atoms with van der Waals surface area (Å²) >= 11 is 0. The van der Waals surface area contributed by atoms with E-state index in [0.717, 1.165) is 12.7 Å². The molecule has 1 fully saturated rings. The van der Waals surface area contributed by atoms with Crippen LogP contribution in [-0.4, -0.2) is 42.6 Å². The van der Waals surface area contributed by atoms with E-state index in [-0.39, 0.29) is 37.8 Å². The van der Waals surface area contributed by atoms with Gasteiger partial charge in [0, 0.05) is 25.1 Å². The second-order valence-electron chi connectivity index (χ2n) is 4.83. The van der Waals surface area contributed by atoms with Gasteiger partial charge in [0.2, 0.25) is 5.67 Å². The highest BCUT2D eigenvalue weighted by Gasteiger charge is 2.47. The van der Waals surface area contributed by atoms with Crippen LogP contribution in [0.3, 0.4) is 0 Å². The molecule has 0 radical (unpaired) electrons. The standard InChI is InChI=1S/C14H17FN2O3.ClH/c1-20-13(19)14(15)6-7-17(9-14)12(18)11-4-2-10(8-16)3-5-11;/h2-5H,6-9,16H2,1H3;1H. The second-order valence-corrected chi connectivity index (χ2v) is 4.83. The van der Waals surface area contributed by atoms with Crippen LogP contribution in [-0.2, 0) is 16.1 Å². The van der Waals surface area contributed by atoms with Crippen molar-refractivity contribution in [1.29, 1.82) is 0 Å². The fraction of sp³-hybridized carbons (Fsp3) is 0.429. The highest BCUT2D eigenvalue weighted by atomic mass is 35.5. The molecule has 0 bridgehead atoms. The topological polar surface area (TPSA) is 72.6 Å². The number of esters is 1. The number of halogens is 2. The summed E-state index contributed by atoms with van der Waals surface area (Å²) < 4.78 is 18.7. The van der Waals surface area contributed by atoms with Gasteiger partial charge < -0.3 is 15.4 Å². The van der Waals surface area contributed by atoms with Crippen molar-refractivity contribution in [2.75, 3.05) is 20.2 Å². The summed E-state index contributed by atoms with van der Waals surface area (Å²) in [5, 5.41) is 0. The van der Waals surface area contributed by atoms with Gasteiger partial charge in [-0.15, -0.1) is 12.4 Å². The molecular weight excluding hydrogens is 299 g/mol. The lowest BCUT2D eigenvalue weighted by Crippen LogP contribution is -2.39. The third kappa shape index (κ3) is 3.51. The van der Waals surface area contributed by atoms with Crippen LogP contribution in [0.5, 0.6) is 0 Å². The van der Waals surface area contributed by atoms with Gasteiger partial charge in [0.15, 0.2) is 0 Å². The van der Waals surface area contributed by atoms with Crippen LogP contribution in [0.4, 0.5) is 4.39 Å². The molecule has 1 aromatic carbocycles. The minimum absolute atomic E-state index is 0. The monoisotopic (exact) mass is 316 g/mol. The summed E-state index contributed by atoms with van der Waals surface area (Å²) in [6.45, 7) is 0.328. The zero-order valence-electron chi connectivity index (χ0n) is 11.7. The number of benzene rings is 1. The van der Waals surface area contributed by atoms with Crippen molar-refractivity contribution in [1.82, 2.24) is 4.90 Å². The number of hydrogen-bond donors (Lipinski definition) is 1. The fourth-order valence-electron chi connectivity index (χ4n) is 2.26. The minimum atomic E-state index is -2.10. The molecule has 1 aromatic rings. The molecule has 0 aliphatic carbocycles. The van der Waals surface area contributed by atoms with Crippen LogP contribution in [0.25, 0.3) is 0 Å². The van der Waals surface area contributed by atoms with Gasteiger partial charge in [0.1, 0.15) is 0 Å². The largest absolute Gasteiger partial charge is 0.467 e. The summed E-state index contributed by atoms with van der Waals surface area (Å²) in [6.07, 6.45) is -0.0354. The van der Waals surface area contributed by atoms with Gasteiger partial charge in [-0.25, -0.2) is 9.18 Å². The third-order valence-corrected chi connectivity index (χ3v) is 3.49. The molecule has 1 aliphatic rings. The highest BCUT2D eigenvalue weighted by Crippen LogP contribution is 2.28. The van der Waals surface area contributed by atoms with E-state index < -0.39 is 11.6 Å². The van der Waals surface area contributed by atoms with Crippen LogP contribution in [0.2, 0.25) is 0 Å². The average molecular weight is 317 g/mol. The molecule has 1 amide bonds. The summed E-state index contributed by atoms with van der Waals surface area (Å²) in [4.78, 5) is 24.9. The van der Waals surface area contributed by atoms with Gasteiger partial charge in [-0.3, -0.25) is 4.79 Å². The fourth-order valence-corrected chi connectivity index (χ4v) is 2.26. The number of methoxy groups -OCH3 is 1. The predicted octanol–water partition coefficient (Wildman–Crippen LogP) is 1.29. The number of carbonyl (C=O) groups is 2. The van der Waals surface area contributed by atoms with Crippen molar-refractivity contribution in [2.24, 2.45) is 5.73 Å². The Kier molecular flexibility index (Phi) is 5.69. The van der Waals surface area contributed by atoms with E-state index in [2.05, 4.69) is 4.74 Å². The molecule has 0 saturated carbocycles. The molecule has 1 unspecified atom stereocenters. The van der Waals surface area contributed by atoms with E-state index >= 15 is 0 Å². The number of alkyl halides is 1. The maximum absolute atomic E-state index is 14.3. The first-order valence-electron chi connectivity index (χ1n) is 6.36. The molecule has 21 heavy (non-hydrogen) atoms. The van der Waals surface area contributed by atoms with E-state index in [1.165, 1.54) is 4.90 Å². The van der Waals surface area contributed by atoms with E-state index in [4.69, 9.17) is 5.73 Å². The summed E-state index contributed by atoms with van der Waals surface area (Å²) in [5.41, 5.74) is 4.76. The Morgan fingerprint density at radius 2 is 2.00 bits per heavy atom. The lowest BCUT2D eigenvalue weighted by atomic mass is 10.1. The summed E-state index contributed by atoms with van der Waals surface area (Å²) in [6, 6.07) is 6.82. The number of ether oxygens (including phenoxy) is 1. The Bertz CT molecular complexity index is 523. The Labute approximate surface area is 128 Å². The molecule has 1 heterocycles. The number of nitrogens with two attached hydrogens (primary N) is 1. The third-order valence-electron chi connectivity index (χ3n) is 3.49. The number of rotatable bonds is 3. The molecule has 2 rings (SSSR count). The number of amides is 1. The van der Waals surface area contributed by atoms with Gasteiger partial charge in [-0.2, -0.15) is 0 Å². The molecule has 1 saturated heterocycles. The van der Waals surface area contributed by atoms with Crippen LogP contribution in [0.15, 0.2) is 24.3 Å². The Morgan fingerprint density at radius 1 is 1.38 bits per heavy atom. The van der Waals surface area contributed by atoms with Crippen LogP contribution >= 0.6 is 12.4 Å². The summed E-state index contributed by atoms with van der Waals surface area (Å²) in [5.74, 6) is -1.22. The summed E-state index contributed by atoms with van der Waals surface area (Å²) in [7, 11) is 1.14. The van der Waals surface area contributed by atoms with Crippen molar-refractivity contribution in [3.63, 3.8) is 0 Å². The lowest BCUT2D eigenvalue weighted by Gasteiger charge is -2.19. The second kappa shape index (κ2) is 6.87. The number of likely N-dealkylation sites (tertiary alicyclic amines) is 1. The first-order chi connectivity index (χ1) is 9.50. The van der Waals surface area contributed by atoms with Crippen molar-refractivity contribution in [3.8, 4) is 0 Å². The van der Waals surface area contributed by atoms with Gasteiger partial charge in [-0.05, 0) is 17.7 Å². The van der Waals surface area contributed by atoms with E-state index in [0.29, 0.717) is 12.1 Å². The van der Waals surface area contributed by atoms with Gasteiger partial charge in [-0.1, -0.05) is 12.1 Å². The molecule has 5 nitrogen and oxygen atoms in total. The van der Waals surface area contributed by atoms with Gasteiger partial charge in [0.05, 0.1) is 13.7 Å². The quantitative estimate of drug-likeness (QED) is 0.853. The molecule has 116 valence electrons. The highest BCUT2D eigenvalue weighted by molar-refractivity contribution is 5.95. The molecule has 1 aliphatic heterocycles. The zero-order chi connectivity index (χ0) is 14.8. The van der Waals surface area contributed by atoms with Crippen molar-refractivity contribution < 1.29 is 18.7 Å². The lowest BCUT2D eigenvalue weighted by molar-refractivity contribution is -0.153. The molecule has 2 N–H and O–H groups in total. The van der Waals surface area contributed by atoms with Crippen molar-refractivity contribution in [3.05, 3.63) is 35.4 Å². The molecule has 0 spiro atoms. The number of hydrogen-bond acceptors (Lipinski definition) is 4. The number of carbonyl (C=O) groups excluding carboxylic acids is 2. The Hall–Kier alpha value is -1.66. The van der Waals surface area contributed by atoms with Crippen LogP contribution in [0, 0.1) is 0 Å². The van der Waals surface area contributed by atoms with Crippen LogP contribution in [0.1, 0.15) is 22.3 Å². The van der Waals surface area contributed by atoms with Gasteiger partial charge >= 0.3 is 5.97 Å². The van der Waals surface area contributed by atoms with Gasteiger partial charge in [0.25, 0.3) is 5.91 Å². The molecule has 1 atom stereocenters.